The number of unbranched alkanes of at least 4 members (excludes halogenated alkanes) is 4. The fraction of sp³-hybridized carbons (Fsp3) is 0.619. The smallest absolute Gasteiger partial charge is 0.243 e. The third kappa shape index (κ3) is 10.5. The molecule has 0 spiro atoms. The third-order valence-electron chi connectivity index (χ3n) is 4.84. The second-order valence-electron chi connectivity index (χ2n) is 7.25. The molecule has 1 amide bonds. The first-order chi connectivity index (χ1) is 14.3. The van der Waals surface area contributed by atoms with Gasteiger partial charge in [0.05, 0.1) is 6.10 Å². The van der Waals surface area contributed by atoms with Crippen molar-refractivity contribution in [2.75, 3.05) is 11.9 Å². The first-order valence-corrected chi connectivity index (χ1v) is 10.6. The minimum atomic E-state index is -0.0189. The van der Waals surface area contributed by atoms with Crippen molar-refractivity contribution in [1.29, 1.82) is 5.26 Å². The number of nitriles is 1. The molecule has 0 bridgehead atoms. The molecule has 1 saturated carbocycles. The summed E-state index contributed by atoms with van der Waals surface area (Å²) in [6.07, 6.45) is 16.6. The second-order valence-corrected chi connectivity index (χ2v) is 7.25. The molecule has 3 N–H and O–H groups in total. The number of anilines is 1. The third-order valence-corrected chi connectivity index (χ3v) is 4.84. The normalized spacial score (nSPS) is 14.8. The van der Waals surface area contributed by atoms with Crippen molar-refractivity contribution in [3.05, 3.63) is 24.5 Å². The maximum atomic E-state index is 11.8. The van der Waals surface area contributed by atoms with Gasteiger partial charge in [-0.25, -0.2) is 5.48 Å². The average Bonchev–Trinajstić information content (AvgIpc) is 2.75. The van der Waals surface area contributed by atoms with Gasteiger partial charge in [-0.1, -0.05) is 38.5 Å². The van der Waals surface area contributed by atoms with Crippen molar-refractivity contribution in [2.45, 2.75) is 76.7 Å². The highest BCUT2D eigenvalue weighted by Crippen LogP contribution is 2.19. The van der Waals surface area contributed by atoms with Crippen molar-refractivity contribution in [2.24, 2.45) is 4.99 Å². The van der Waals surface area contributed by atoms with E-state index in [9.17, 15) is 4.79 Å². The number of hydroxylamine groups is 1. The van der Waals surface area contributed by atoms with E-state index in [2.05, 4.69) is 26.1 Å². The molecule has 0 unspecified atom stereocenters. The quantitative estimate of drug-likeness (QED) is 0.131. The van der Waals surface area contributed by atoms with Crippen LogP contribution in [0.4, 0.5) is 5.69 Å². The van der Waals surface area contributed by atoms with Crippen LogP contribution in [-0.4, -0.2) is 29.5 Å². The molecule has 1 aromatic rings. The number of pyridine rings is 1. The van der Waals surface area contributed by atoms with Gasteiger partial charge in [-0.15, -0.1) is 0 Å². The molecule has 1 heterocycles. The summed E-state index contributed by atoms with van der Waals surface area (Å²) in [6.45, 7) is 0.637. The van der Waals surface area contributed by atoms with Crippen molar-refractivity contribution in [3.8, 4) is 6.19 Å². The molecule has 0 aliphatic heterocycles. The zero-order valence-electron chi connectivity index (χ0n) is 17.0. The first-order valence-electron chi connectivity index (χ1n) is 10.6. The Bertz CT molecular complexity index is 653. The van der Waals surface area contributed by atoms with Gasteiger partial charge in [-0.2, -0.15) is 5.26 Å². The van der Waals surface area contributed by atoms with Crippen LogP contribution in [0.3, 0.4) is 0 Å². The van der Waals surface area contributed by atoms with E-state index in [0.717, 1.165) is 50.6 Å². The van der Waals surface area contributed by atoms with Gasteiger partial charge < -0.3 is 5.32 Å². The number of rotatable bonds is 11. The molecule has 8 heteroatoms. The lowest BCUT2D eigenvalue weighted by Crippen LogP contribution is -2.30. The molecule has 1 aromatic heterocycles. The van der Waals surface area contributed by atoms with Crippen LogP contribution in [0.5, 0.6) is 0 Å². The van der Waals surface area contributed by atoms with Gasteiger partial charge in [0, 0.05) is 31.0 Å². The molecule has 1 aliphatic rings. The summed E-state index contributed by atoms with van der Waals surface area (Å²) in [7, 11) is 0. The molecule has 0 aromatic carbocycles. The predicted octanol–water partition coefficient (Wildman–Crippen LogP) is 3.64. The number of amides is 1. The predicted molar refractivity (Wildman–Crippen MR) is 113 cm³/mol. The van der Waals surface area contributed by atoms with Gasteiger partial charge in [0.15, 0.2) is 6.19 Å². The van der Waals surface area contributed by atoms with Gasteiger partial charge in [0.2, 0.25) is 11.9 Å². The van der Waals surface area contributed by atoms with E-state index in [1.54, 1.807) is 12.4 Å². The Morgan fingerprint density at radius 1 is 1.14 bits per heavy atom. The Labute approximate surface area is 173 Å². The van der Waals surface area contributed by atoms with Gasteiger partial charge in [0.1, 0.15) is 0 Å². The van der Waals surface area contributed by atoms with Crippen LogP contribution in [0.25, 0.3) is 0 Å². The Kier molecular flexibility index (Phi) is 11.2. The van der Waals surface area contributed by atoms with E-state index in [-0.39, 0.29) is 12.0 Å². The Morgan fingerprint density at radius 2 is 1.86 bits per heavy atom. The standard InChI is InChI=1S/C21H32N6O2/c22-17-25-21(26-18-12-15-23-16-13-18)24-14-8-3-1-2-7-11-20(28)27-29-19-9-5-4-6-10-19/h12-13,15-16,19H,1-11,14H2,(H,27,28)(H2,23,24,25,26). The van der Waals surface area contributed by atoms with Gasteiger partial charge in [0.25, 0.3) is 0 Å². The van der Waals surface area contributed by atoms with Gasteiger partial charge in [-0.3, -0.25) is 24.9 Å². The summed E-state index contributed by atoms with van der Waals surface area (Å²) in [6, 6.07) is 3.62. The van der Waals surface area contributed by atoms with Gasteiger partial charge in [-0.05, 0) is 37.8 Å². The van der Waals surface area contributed by atoms with Crippen LogP contribution in [0, 0.1) is 11.5 Å². The Hall–Kier alpha value is -2.66. The maximum absolute atomic E-state index is 11.8. The summed E-state index contributed by atoms with van der Waals surface area (Å²) >= 11 is 0. The molecule has 0 radical (unpaired) electrons. The SMILES string of the molecule is N#CNC(=NCCCCCCCC(=O)NOC1CCCCC1)Nc1ccncc1. The fourth-order valence-electron chi connectivity index (χ4n) is 3.24. The summed E-state index contributed by atoms with van der Waals surface area (Å²) < 4.78 is 0. The average molecular weight is 401 g/mol. The number of guanidine groups is 1. The number of hydrogen-bond acceptors (Lipinski definition) is 5. The van der Waals surface area contributed by atoms with Crippen LogP contribution < -0.4 is 16.1 Å². The van der Waals surface area contributed by atoms with Crippen molar-refractivity contribution >= 4 is 17.6 Å². The minimum Gasteiger partial charge on any atom is -0.325 e. The molecule has 8 nitrogen and oxygen atoms in total. The number of hydrogen-bond donors (Lipinski definition) is 3. The Balaban J connectivity index is 1.49. The Morgan fingerprint density at radius 3 is 2.62 bits per heavy atom. The number of nitrogens with zero attached hydrogens (tertiary/aromatic N) is 3. The first kappa shape index (κ1) is 22.6. The molecule has 0 saturated heterocycles. The zero-order chi connectivity index (χ0) is 20.6. The molecule has 158 valence electrons. The van der Waals surface area contributed by atoms with Crippen LogP contribution in [0.2, 0.25) is 0 Å². The van der Waals surface area contributed by atoms with E-state index in [1.807, 2.05) is 18.3 Å². The van der Waals surface area contributed by atoms with E-state index in [4.69, 9.17) is 10.1 Å². The van der Waals surface area contributed by atoms with Gasteiger partial charge >= 0.3 is 0 Å². The molecule has 2 rings (SSSR count). The lowest BCUT2D eigenvalue weighted by Gasteiger charge is -2.21. The van der Waals surface area contributed by atoms with E-state index < -0.39 is 0 Å². The lowest BCUT2D eigenvalue weighted by molar-refractivity contribution is -0.140. The van der Waals surface area contributed by atoms with Crippen LogP contribution in [0.1, 0.15) is 70.6 Å². The molecule has 29 heavy (non-hydrogen) atoms. The molecule has 0 atom stereocenters. The molecule has 1 fully saturated rings. The van der Waals surface area contributed by atoms with Crippen LogP contribution in [-0.2, 0) is 9.63 Å². The summed E-state index contributed by atoms with van der Waals surface area (Å²) in [5, 5.41) is 14.5. The number of aromatic nitrogens is 1. The van der Waals surface area contributed by atoms with Crippen molar-refractivity contribution < 1.29 is 9.63 Å². The number of carbonyl (C=O) groups is 1. The minimum absolute atomic E-state index is 0.0189. The topological polar surface area (TPSA) is 111 Å². The van der Waals surface area contributed by atoms with Crippen molar-refractivity contribution in [3.63, 3.8) is 0 Å². The highest BCUT2D eigenvalue weighted by Gasteiger charge is 2.15. The van der Waals surface area contributed by atoms with E-state index in [0.29, 0.717) is 18.9 Å². The van der Waals surface area contributed by atoms with Crippen LogP contribution in [0.15, 0.2) is 29.5 Å². The fourth-order valence-corrected chi connectivity index (χ4v) is 3.24. The molecular formula is C21H32N6O2. The number of aliphatic imine (C=N–C) groups is 1. The summed E-state index contributed by atoms with van der Waals surface area (Å²) in [4.78, 5) is 25.6. The zero-order valence-corrected chi connectivity index (χ0v) is 17.0. The summed E-state index contributed by atoms with van der Waals surface area (Å²) in [5.41, 5.74) is 3.43. The summed E-state index contributed by atoms with van der Waals surface area (Å²) in [5.74, 6) is 0.419. The second kappa shape index (κ2) is 14.4. The number of carbonyl (C=O) groups excluding carboxylic acids is 1. The monoisotopic (exact) mass is 400 g/mol. The van der Waals surface area contributed by atoms with E-state index in [1.165, 1.54) is 19.3 Å². The van der Waals surface area contributed by atoms with E-state index >= 15 is 0 Å². The molecular weight excluding hydrogens is 368 g/mol. The van der Waals surface area contributed by atoms with Crippen LogP contribution >= 0.6 is 0 Å². The lowest BCUT2D eigenvalue weighted by atomic mass is 9.98. The highest BCUT2D eigenvalue weighted by atomic mass is 16.7. The highest BCUT2D eigenvalue weighted by molar-refractivity contribution is 5.94. The molecule has 1 aliphatic carbocycles. The van der Waals surface area contributed by atoms with Crippen molar-refractivity contribution in [1.82, 2.24) is 15.8 Å². The number of nitrogens with one attached hydrogen (secondary N) is 3. The largest absolute Gasteiger partial charge is 0.325 e. The maximum Gasteiger partial charge on any atom is 0.243 e.